The third-order valence-electron chi connectivity index (χ3n) is 5.61. The van der Waals surface area contributed by atoms with E-state index >= 15 is 0 Å². The molecule has 0 fully saturated rings. The van der Waals surface area contributed by atoms with Crippen LogP contribution >= 0.6 is 0 Å². The number of rotatable bonds is 10. The minimum absolute atomic E-state index is 0.0860. The molecule has 0 bridgehead atoms. The van der Waals surface area contributed by atoms with Gasteiger partial charge in [0.05, 0.1) is 0 Å². The quantitative estimate of drug-likeness (QED) is 0.272. The van der Waals surface area contributed by atoms with Crippen molar-refractivity contribution < 1.29 is 24.4 Å². The zero-order valence-electron chi connectivity index (χ0n) is 19.3. The molecule has 4 amide bonds. The summed E-state index contributed by atoms with van der Waals surface area (Å²) in [6.45, 7) is 6.80. The molecule has 0 radical (unpaired) electrons. The average molecular weight is 457 g/mol. The van der Waals surface area contributed by atoms with Gasteiger partial charge >= 0.3 is 0 Å². The summed E-state index contributed by atoms with van der Waals surface area (Å²) >= 11 is 0. The van der Waals surface area contributed by atoms with Crippen LogP contribution in [-0.2, 0) is 24.7 Å². The summed E-state index contributed by atoms with van der Waals surface area (Å²) in [5.74, 6) is -3.25. The summed E-state index contributed by atoms with van der Waals surface area (Å²) in [5, 5.41) is 16.1. The number of amides is 4. The summed E-state index contributed by atoms with van der Waals surface area (Å²) in [6, 6.07) is 12.0. The van der Waals surface area contributed by atoms with Crippen LogP contribution in [0.25, 0.3) is 10.8 Å². The largest absolute Gasteiger partial charge is 0.368 e. The van der Waals surface area contributed by atoms with E-state index in [1.54, 1.807) is 17.6 Å². The fourth-order valence-electron chi connectivity index (χ4n) is 3.64. The predicted molar refractivity (Wildman–Crippen MR) is 124 cm³/mol. The predicted octanol–water partition coefficient (Wildman–Crippen LogP) is 1.72. The van der Waals surface area contributed by atoms with E-state index in [9.17, 15) is 19.2 Å². The average Bonchev–Trinajstić information content (AvgIpc) is 2.77. The maximum absolute atomic E-state index is 13.3. The Kier molecular flexibility index (Phi) is 8.53. The lowest BCUT2D eigenvalue weighted by atomic mass is 9.86. The lowest BCUT2D eigenvalue weighted by Crippen LogP contribution is -2.58. The van der Waals surface area contributed by atoms with Gasteiger partial charge in [0, 0.05) is 12.3 Å². The van der Waals surface area contributed by atoms with Crippen molar-refractivity contribution in [3.05, 3.63) is 48.0 Å². The first-order chi connectivity index (χ1) is 15.5. The number of nitrogens with two attached hydrogens (primary N) is 1. The van der Waals surface area contributed by atoms with Gasteiger partial charge in [-0.1, -0.05) is 50.2 Å². The second-order valence-corrected chi connectivity index (χ2v) is 8.84. The third-order valence-corrected chi connectivity index (χ3v) is 5.61. The fourth-order valence-corrected chi connectivity index (χ4v) is 3.64. The first-order valence-corrected chi connectivity index (χ1v) is 10.8. The summed E-state index contributed by atoms with van der Waals surface area (Å²) in [7, 11) is 0. The topological polar surface area (TPSA) is 151 Å². The van der Waals surface area contributed by atoms with Crippen molar-refractivity contribution in [2.45, 2.75) is 52.1 Å². The molecule has 0 aliphatic rings. The van der Waals surface area contributed by atoms with E-state index in [-0.39, 0.29) is 12.3 Å². The molecular formula is C24H32N4O5. The van der Waals surface area contributed by atoms with Crippen LogP contribution in [0.2, 0.25) is 0 Å². The van der Waals surface area contributed by atoms with Crippen LogP contribution in [0.1, 0.15) is 46.1 Å². The summed E-state index contributed by atoms with van der Waals surface area (Å²) < 4.78 is 0. The van der Waals surface area contributed by atoms with Crippen LogP contribution in [0.15, 0.2) is 42.5 Å². The number of carbonyl (C=O) groups is 4. The van der Waals surface area contributed by atoms with Crippen LogP contribution in [0.5, 0.6) is 0 Å². The van der Waals surface area contributed by atoms with Crippen LogP contribution < -0.4 is 21.8 Å². The smallest absolute Gasteiger partial charge is 0.250 e. The van der Waals surface area contributed by atoms with Gasteiger partial charge in [-0.15, -0.1) is 0 Å². The van der Waals surface area contributed by atoms with Gasteiger partial charge in [0.2, 0.25) is 17.7 Å². The number of nitrogens with one attached hydrogen (secondary N) is 3. The Morgan fingerprint density at radius 1 is 1.03 bits per heavy atom. The van der Waals surface area contributed by atoms with Gasteiger partial charge in [-0.25, -0.2) is 5.48 Å². The molecule has 3 atom stereocenters. The van der Waals surface area contributed by atoms with E-state index in [1.165, 1.54) is 13.8 Å². The number of carbonyl (C=O) groups excluding carboxylic acids is 4. The maximum Gasteiger partial charge on any atom is 0.250 e. The van der Waals surface area contributed by atoms with Crippen LogP contribution in [0.4, 0.5) is 0 Å². The molecule has 2 aromatic carbocycles. The summed E-state index contributed by atoms with van der Waals surface area (Å²) in [6.07, 6.45) is 0.125. The Morgan fingerprint density at radius 2 is 1.67 bits per heavy atom. The van der Waals surface area contributed by atoms with Crippen molar-refractivity contribution in [2.75, 3.05) is 0 Å². The zero-order valence-corrected chi connectivity index (χ0v) is 19.3. The highest BCUT2D eigenvalue weighted by atomic mass is 16.5. The molecule has 33 heavy (non-hydrogen) atoms. The van der Waals surface area contributed by atoms with Gasteiger partial charge in [-0.2, -0.15) is 0 Å². The molecule has 0 spiro atoms. The van der Waals surface area contributed by atoms with E-state index in [2.05, 4.69) is 10.6 Å². The first-order valence-electron chi connectivity index (χ1n) is 10.8. The third kappa shape index (κ3) is 6.52. The normalized spacial score (nSPS) is 14.7. The molecule has 0 aliphatic heterocycles. The van der Waals surface area contributed by atoms with Gasteiger partial charge < -0.3 is 16.4 Å². The van der Waals surface area contributed by atoms with Crippen molar-refractivity contribution in [3.63, 3.8) is 0 Å². The fraction of sp³-hybridized carbons (Fsp3) is 0.417. The van der Waals surface area contributed by atoms with Gasteiger partial charge in [0.1, 0.15) is 11.6 Å². The van der Waals surface area contributed by atoms with E-state index in [1.807, 2.05) is 44.2 Å². The Labute approximate surface area is 193 Å². The second-order valence-electron chi connectivity index (χ2n) is 8.84. The molecule has 9 nitrogen and oxygen atoms in total. The summed E-state index contributed by atoms with van der Waals surface area (Å²) in [5.41, 5.74) is 5.79. The lowest BCUT2D eigenvalue weighted by molar-refractivity contribution is -0.139. The minimum Gasteiger partial charge on any atom is -0.368 e. The van der Waals surface area contributed by atoms with Crippen molar-refractivity contribution in [1.29, 1.82) is 0 Å². The molecule has 6 N–H and O–H groups in total. The Bertz CT molecular complexity index is 1040. The minimum atomic E-state index is -1.56. The Morgan fingerprint density at radius 3 is 2.24 bits per heavy atom. The lowest BCUT2D eigenvalue weighted by Gasteiger charge is -2.33. The van der Waals surface area contributed by atoms with Gasteiger partial charge in [-0.3, -0.25) is 24.4 Å². The Balaban J connectivity index is 2.48. The van der Waals surface area contributed by atoms with Crippen molar-refractivity contribution in [2.24, 2.45) is 17.6 Å². The number of hydrogen-bond donors (Lipinski definition) is 5. The maximum atomic E-state index is 13.3. The SMILES string of the molecule is CC(C)C[C@H](CC(=O)NO)C(=O)N[C@](C)(C(=O)N[C@@H](C)C(N)=O)c1ccc2ccccc2c1. The van der Waals surface area contributed by atoms with Crippen molar-refractivity contribution >= 4 is 34.4 Å². The molecule has 0 aliphatic carbocycles. The van der Waals surface area contributed by atoms with E-state index in [4.69, 9.17) is 10.9 Å². The van der Waals surface area contributed by atoms with E-state index in [0.717, 1.165) is 10.8 Å². The molecule has 178 valence electrons. The highest BCUT2D eigenvalue weighted by Gasteiger charge is 2.40. The van der Waals surface area contributed by atoms with E-state index in [0.29, 0.717) is 12.0 Å². The molecule has 2 rings (SSSR count). The molecule has 0 heterocycles. The number of primary amides is 1. The molecule has 0 saturated heterocycles. The molecular weight excluding hydrogens is 424 g/mol. The molecule has 0 aromatic heterocycles. The van der Waals surface area contributed by atoms with Crippen LogP contribution in [0.3, 0.4) is 0 Å². The van der Waals surface area contributed by atoms with Crippen LogP contribution in [-0.4, -0.2) is 34.9 Å². The van der Waals surface area contributed by atoms with Gasteiger partial charge in [0.15, 0.2) is 0 Å². The van der Waals surface area contributed by atoms with E-state index < -0.39 is 41.1 Å². The van der Waals surface area contributed by atoms with Crippen molar-refractivity contribution in [3.8, 4) is 0 Å². The highest BCUT2D eigenvalue weighted by molar-refractivity contribution is 5.97. The highest BCUT2D eigenvalue weighted by Crippen LogP contribution is 2.27. The van der Waals surface area contributed by atoms with Gasteiger partial charge in [-0.05, 0) is 48.6 Å². The number of fused-ring (bicyclic) bond motifs is 1. The molecule has 9 heteroatoms. The zero-order chi connectivity index (χ0) is 24.8. The monoisotopic (exact) mass is 456 g/mol. The number of hydrogen-bond acceptors (Lipinski definition) is 5. The first kappa shape index (κ1) is 25.8. The molecule has 0 saturated carbocycles. The van der Waals surface area contributed by atoms with Crippen molar-refractivity contribution in [1.82, 2.24) is 16.1 Å². The molecule has 0 unspecified atom stereocenters. The number of hydroxylamine groups is 1. The van der Waals surface area contributed by atoms with Crippen LogP contribution in [0, 0.1) is 11.8 Å². The number of benzene rings is 2. The Hall–Kier alpha value is -3.46. The second kappa shape index (κ2) is 10.9. The van der Waals surface area contributed by atoms with Gasteiger partial charge in [0.25, 0.3) is 5.91 Å². The molecule has 2 aromatic rings. The summed E-state index contributed by atoms with van der Waals surface area (Å²) in [4.78, 5) is 49.9. The standard InChI is InChI=1S/C24H32N4O5/c1-14(2)11-18(13-20(29)28-33)22(31)27-24(4,23(32)26-15(3)21(25)30)19-10-9-16-7-5-6-8-17(16)12-19/h5-10,12,14-15,18,33H,11,13H2,1-4H3,(H2,25,30)(H,26,32)(H,27,31)(H,28,29)/t15-,18+,24-/m0/s1.